The Morgan fingerprint density at radius 3 is 2.27 bits per heavy atom. The van der Waals surface area contributed by atoms with Crippen LogP contribution in [0.25, 0.3) is 0 Å². The van der Waals surface area contributed by atoms with Crippen molar-refractivity contribution >= 4 is 28.7 Å². The molecule has 4 aromatic carbocycles. The fourth-order valence-corrected chi connectivity index (χ4v) is 4.73. The normalized spacial score (nSPS) is 14.6. The van der Waals surface area contributed by atoms with E-state index in [0.29, 0.717) is 22.6 Å². The molecule has 5 rings (SSSR count). The van der Waals surface area contributed by atoms with Crippen molar-refractivity contribution < 1.29 is 23.0 Å². The number of ketones is 1. The third kappa shape index (κ3) is 5.56. The maximum atomic E-state index is 13.9. The molecular weight excluding hydrogens is 526 g/mol. The molecule has 0 saturated carbocycles. The van der Waals surface area contributed by atoms with E-state index >= 15 is 0 Å². The maximum Gasteiger partial charge on any atom is 0.198 e. The fourth-order valence-electron chi connectivity index (χ4n) is 4.73. The standard InChI is InChI=1S/C32H30F2N4O3/c1-21(39)31-35-38(25-9-6-5-7-10-25)32(37(31)24-16-14-23(15-17-24)36(2)3)26-11-8-12-29(40-4)30(26)41-20-22-13-18-27(33)28(34)19-22/h5-19,32H,20H2,1-4H3. The van der Waals surface area contributed by atoms with Crippen LogP contribution in [0.3, 0.4) is 0 Å². The number of ether oxygens (including phenoxy) is 2. The van der Waals surface area contributed by atoms with Crippen LogP contribution in [0.4, 0.5) is 25.8 Å². The number of methoxy groups -OCH3 is 1. The van der Waals surface area contributed by atoms with Gasteiger partial charge in [-0.3, -0.25) is 9.69 Å². The Bertz CT molecular complexity index is 1580. The highest BCUT2D eigenvalue weighted by Gasteiger charge is 2.41. The van der Waals surface area contributed by atoms with Crippen molar-refractivity contribution in [1.29, 1.82) is 0 Å². The van der Waals surface area contributed by atoms with Crippen molar-refractivity contribution in [1.82, 2.24) is 0 Å². The molecule has 0 spiro atoms. The lowest BCUT2D eigenvalue weighted by Crippen LogP contribution is -2.38. The van der Waals surface area contributed by atoms with Gasteiger partial charge in [0.15, 0.2) is 40.9 Å². The summed E-state index contributed by atoms with van der Waals surface area (Å²) in [6.45, 7) is 1.44. The Morgan fingerprint density at radius 1 is 0.902 bits per heavy atom. The number of amidine groups is 1. The lowest BCUT2D eigenvalue weighted by Gasteiger charge is -2.33. The van der Waals surface area contributed by atoms with Crippen LogP contribution in [0.15, 0.2) is 96.1 Å². The second-order valence-electron chi connectivity index (χ2n) is 9.73. The molecule has 0 N–H and O–H groups in total. The number of hydrogen-bond acceptors (Lipinski definition) is 7. The third-order valence-corrected chi connectivity index (χ3v) is 6.76. The van der Waals surface area contributed by atoms with Crippen LogP contribution in [0, 0.1) is 11.6 Å². The smallest absolute Gasteiger partial charge is 0.198 e. The lowest BCUT2D eigenvalue weighted by atomic mass is 10.1. The number of carbonyl (C=O) groups is 1. The highest BCUT2D eigenvalue weighted by molar-refractivity contribution is 6.44. The van der Waals surface area contributed by atoms with Crippen LogP contribution in [-0.2, 0) is 11.4 Å². The molecule has 0 bridgehead atoms. The Kier molecular flexibility index (Phi) is 7.87. The molecule has 1 aliphatic rings. The molecule has 0 aromatic heterocycles. The Morgan fingerprint density at radius 2 is 1.63 bits per heavy atom. The number of halogens is 2. The highest BCUT2D eigenvalue weighted by Crippen LogP contribution is 2.45. The van der Waals surface area contributed by atoms with Gasteiger partial charge >= 0.3 is 0 Å². The van der Waals surface area contributed by atoms with E-state index in [1.807, 2.05) is 90.6 Å². The number of rotatable bonds is 9. The van der Waals surface area contributed by atoms with Gasteiger partial charge in [-0.25, -0.2) is 13.8 Å². The van der Waals surface area contributed by atoms with Gasteiger partial charge in [0.25, 0.3) is 0 Å². The third-order valence-electron chi connectivity index (χ3n) is 6.76. The topological polar surface area (TPSA) is 57.6 Å². The molecule has 0 aliphatic carbocycles. The average Bonchev–Trinajstić information content (AvgIpc) is 3.39. The molecule has 1 aliphatic heterocycles. The summed E-state index contributed by atoms with van der Waals surface area (Å²) in [5, 5.41) is 6.57. The first-order valence-electron chi connectivity index (χ1n) is 13.0. The van der Waals surface area contributed by atoms with Crippen molar-refractivity contribution in [2.24, 2.45) is 5.10 Å². The van der Waals surface area contributed by atoms with Gasteiger partial charge in [-0.05, 0) is 60.2 Å². The highest BCUT2D eigenvalue weighted by atomic mass is 19.2. The summed E-state index contributed by atoms with van der Waals surface area (Å²) in [6.07, 6.45) is -0.642. The Hall–Kier alpha value is -4.92. The van der Waals surface area contributed by atoms with Gasteiger partial charge in [0.2, 0.25) is 0 Å². The molecule has 41 heavy (non-hydrogen) atoms. The quantitative estimate of drug-likeness (QED) is 0.233. The summed E-state index contributed by atoms with van der Waals surface area (Å²) in [5.74, 6) is -1.01. The van der Waals surface area contributed by atoms with E-state index in [-0.39, 0.29) is 18.2 Å². The van der Waals surface area contributed by atoms with Gasteiger partial charge in [0.1, 0.15) is 6.61 Å². The summed E-state index contributed by atoms with van der Waals surface area (Å²) in [7, 11) is 5.45. The number of hydrogen-bond donors (Lipinski definition) is 0. The second-order valence-corrected chi connectivity index (χ2v) is 9.73. The average molecular weight is 557 g/mol. The van der Waals surface area contributed by atoms with Gasteiger partial charge in [0, 0.05) is 38.0 Å². The molecule has 0 radical (unpaired) electrons. The second kappa shape index (κ2) is 11.7. The van der Waals surface area contributed by atoms with Crippen molar-refractivity contribution in [3.63, 3.8) is 0 Å². The monoisotopic (exact) mass is 556 g/mol. The molecule has 9 heteroatoms. The number of anilines is 3. The minimum Gasteiger partial charge on any atom is -0.493 e. The number of benzene rings is 4. The fraction of sp³-hybridized carbons (Fsp3) is 0.188. The van der Waals surface area contributed by atoms with Gasteiger partial charge in [-0.1, -0.05) is 36.4 Å². The molecule has 1 atom stereocenters. The zero-order valence-corrected chi connectivity index (χ0v) is 23.2. The summed E-state index contributed by atoms with van der Waals surface area (Å²) >= 11 is 0. The van der Waals surface area contributed by atoms with Gasteiger partial charge in [-0.2, -0.15) is 0 Å². The number of para-hydroxylation sites is 2. The SMILES string of the molecule is COc1cccc(C2N(c3ccccc3)N=C(C(C)=O)N2c2ccc(N(C)C)cc2)c1OCc1ccc(F)c(F)c1. The van der Waals surface area contributed by atoms with Crippen LogP contribution in [0.5, 0.6) is 11.5 Å². The van der Waals surface area contributed by atoms with E-state index < -0.39 is 17.8 Å². The minimum absolute atomic E-state index is 0.0411. The molecule has 210 valence electrons. The predicted octanol–water partition coefficient (Wildman–Crippen LogP) is 6.55. The summed E-state index contributed by atoms with van der Waals surface area (Å²) in [4.78, 5) is 16.9. The molecule has 1 heterocycles. The zero-order chi connectivity index (χ0) is 29.1. The van der Waals surface area contributed by atoms with Gasteiger partial charge in [-0.15, -0.1) is 5.10 Å². The molecule has 1 unspecified atom stereocenters. The van der Waals surface area contributed by atoms with Gasteiger partial charge < -0.3 is 14.4 Å². The number of Topliss-reactive ketones (excluding diaryl/α,β-unsaturated/α-hetero) is 1. The van der Waals surface area contributed by atoms with E-state index in [1.54, 1.807) is 11.1 Å². The van der Waals surface area contributed by atoms with E-state index in [0.717, 1.165) is 29.2 Å². The van der Waals surface area contributed by atoms with Crippen molar-refractivity contribution in [2.45, 2.75) is 19.7 Å². The molecule has 7 nitrogen and oxygen atoms in total. The lowest BCUT2D eigenvalue weighted by molar-refractivity contribution is -0.111. The zero-order valence-electron chi connectivity index (χ0n) is 23.2. The minimum atomic E-state index is -0.954. The first kappa shape index (κ1) is 27.6. The van der Waals surface area contributed by atoms with Crippen molar-refractivity contribution in [2.75, 3.05) is 36.0 Å². The molecule has 4 aromatic rings. The Balaban J connectivity index is 1.65. The van der Waals surface area contributed by atoms with Crippen LogP contribution < -0.4 is 24.3 Å². The first-order valence-corrected chi connectivity index (χ1v) is 13.0. The largest absolute Gasteiger partial charge is 0.493 e. The molecule has 0 saturated heterocycles. The van der Waals surface area contributed by atoms with E-state index in [2.05, 4.69) is 0 Å². The molecular formula is C32H30F2N4O3. The number of carbonyl (C=O) groups excluding carboxylic acids is 1. The summed E-state index contributed by atoms with van der Waals surface area (Å²) in [5.41, 5.74) is 3.62. The predicted molar refractivity (Wildman–Crippen MR) is 157 cm³/mol. The molecule has 0 fully saturated rings. The number of nitrogens with zero attached hydrogens (tertiary/aromatic N) is 4. The molecule has 0 amide bonds. The van der Waals surface area contributed by atoms with Crippen LogP contribution in [0.1, 0.15) is 24.2 Å². The van der Waals surface area contributed by atoms with E-state index in [9.17, 15) is 13.6 Å². The summed E-state index contributed by atoms with van der Waals surface area (Å²) < 4.78 is 39.4. The van der Waals surface area contributed by atoms with Crippen LogP contribution in [0.2, 0.25) is 0 Å². The Labute approximate surface area is 237 Å². The van der Waals surface area contributed by atoms with Crippen LogP contribution in [-0.4, -0.2) is 32.8 Å². The van der Waals surface area contributed by atoms with Gasteiger partial charge in [0.05, 0.1) is 12.8 Å². The maximum absolute atomic E-state index is 13.9. The van der Waals surface area contributed by atoms with E-state index in [1.165, 1.54) is 20.1 Å². The van der Waals surface area contributed by atoms with Crippen molar-refractivity contribution in [3.8, 4) is 11.5 Å². The van der Waals surface area contributed by atoms with E-state index in [4.69, 9.17) is 14.6 Å². The summed E-state index contributed by atoms with van der Waals surface area (Å²) in [6, 6.07) is 26.5. The first-order chi connectivity index (χ1) is 19.8. The van der Waals surface area contributed by atoms with Crippen molar-refractivity contribution in [3.05, 3.63) is 114 Å². The van der Waals surface area contributed by atoms with Crippen LogP contribution >= 0.6 is 0 Å². The number of hydrazone groups is 1.